The second-order valence-corrected chi connectivity index (χ2v) is 7.36. The molecule has 1 N–H and O–H groups in total. The maximum absolute atomic E-state index is 11.1. The van der Waals surface area contributed by atoms with Crippen LogP contribution in [0.5, 0.6) is 0 Å². The molecular weight excluding hydrogens is 348 g/mol. The largest absolute Gasteiger partial charge is 0.480 e. The number of aliphatic carboxylic acids is 1. The van der Waals surface area contributed by atoms with E-state index in [2.05, 4.69) is 4.98 Å². The van der Waals surface area contributed by atoms with Gasteiger partial charge in [0.05, 0.1) is 0 Å². The van der Waals surface area contributed by atoms with E-state index in [-0.39, 0.29) is 0 Å². The van der Waals surface area contributed by atoms with Gasteiger partial charge in [0.15, 0.2) is 5.76 Å². The summed E-state index contributed by atoms with van der Waals surface area (Å²) >= 11 is 1.10. The van der Waals surface area contributed by atoms with E-state index in [1.807, 2.05) is 73.6 Å². The minimum Gasteiger partial charge on any atom is -0.480 e. The fraction of sp³-hybridized carbons (Fsp3) is 0.200. The Bertz CT molecular complexity index is 889. The lowest BCUT2D eigenvalue weighted by Gasteiger charge is -2.12. The first-order chi connectivity index (χ1) is 12.5. The summed E-state index contributed by atoms with van der Waals surface area (Å²) in [7, 11) is 3.98. The molecule has 5 nitrogen and oxygen atoms in total. The normalized spacial score (nSPS) is 12.0. The molecule has 0 bridgehead atoms. The van der Waals surface area contributed by atoms with Crippen molar-refractivity contribution in [2.75, 3.05) is 19.0 Å². The molecule has 0 saturated carbocycles. The highest BCUT2D eigenvalue weighted by atomic mass is 32.2. The van der Waals surface area contributed by atoms with Crippen molar-refractivity contribution < 1.29 is 14.3 Å². The van der Waals surface area contributed by atoms with Crippen LogP contribution in [0.3, 0.4) is 0 Å². The highest BCUT2D eigenvalue weighted by Gasteiger charge is 2.21. The maximum Gasteiger partial charge on any atom is 0.316 e. The number of anilines is 1. The lowest BCUT2D eigenvalue weighted by atomic mass is 10.1. The average molecular weight is 368 g/mol. The van der Waals surface area contributed by atoms with E-state index in [0.717, 1.165) is 28.6 Å². The van der Waals surface area contributed by atoms with Crippen LogP contribution >= 0.6 is 11.8 Å². The molecule has 0 spiro atoms. The number of rotatable bonds is 6. The van der Waals surface area contributed by atoms with Crippen molar-refractivity contribution in [3.8, 4) is 22.6 Å². The lowest BCUT2D eigenvalue weighted by Crippen LogP contribution is -2.10. The van der Waals surface area contributed by atoms with E-state index in [1.165, 1.54) is 0 Å². The zero-order chi connectivity index (χ0) is 18.7. The zero-order valence-corrected chi connectivity index (χ0v) is 15.7. The van der Waals surface area contributed by atoms with Crippen molar-refractivity contribution in [3.05, 3.63) is 54.6 Å². The summed E-state index contributed by atoms with van der Waals surface area (Å²) in [6.45, 7) is 1.62. The van der Waals surface area contributed by atoms with E-state index in [0.29, 0.717) is 16.7 Å². The molecule has 134 valence electrons. The molecule has 1 aromatic heterocycles. The van der Waals surface area contributed by atoms with Crippen molar-refractivity contribution in [1.82, 2.24) is 4.98 Å². The van der Waals surface area contributed by atoms with Gasteiger partial charge in [-0.2, -0.15) is 0 Å². The van der Waals surface area contributed by atoms with Gasteiger partial charge in [-0.3, -0.25) is 4.79 Å². The topological polar surface area (TPSA) is 66.6 Å². The van der Waals surface area contributed by atoms with Crippen LogP contribution in [-0.4, -0.2) is 35.4 Å². The SMILES string of the molecule is CC(Sc1nc(-c2ccc(N(C)C)cc2)c(-c2ccccc2)o1)C(=O)O. The summed E-state index contributed by atoms with van der Waals surface area (Å²) in [5.74, 6) is -0.255. The van der Waals surface area contributed by atoms with Gasteiger partial charge in [0.25, 0.3) is 5.22 Å². The first-order valence-corrected chi connectivity index (χ1v) is 9.07. The quantitative estimate of drug-likeness (QED) is 0.639. The van der Waals surface area contributed by atoms with Crippen LogP contribution in [0.15, 0.2) is 64.2 Å². The summed E-state index contributed by atoms with van der Waals surface area (Å²) in [5, 5.41) is 8.86. The van der Waals surface area contributed by atoms with Crippen molar-refractivity contribution in [2.24, 2.45) is 0 Å². The van der Waals surface area contributed by atoms with Crippen LogP contribution in [0, 0.1) is 0 Å². The van der Waals surface area contributed by atoms with Gasteiger partial charge in [0.1, 0.15) is 10.9 Å². The van der Waals surface area contributed by atoms with Gasteiger partial charge in [-0.25, -0.2) is 4.98 Å². The van der Waals surface area contributed by atoms with Crippen LogP contribution in [0.1, 0.15) is 6.92 Å². The monoisotopic (exact) mass is 368 g/mol. The van der Waals surface area contributed by atoms with Crippen molar-refractivity contribution in [1.29, 1.82) is 0 Å². The number of nitrogens with zero attached hydrogens (tertiary/aromatic N) is 2. The zero-order valence-electron chi connectivity index (χ0n) is 14.8. The van der Waals surface area contributed by atoms with Gasteiger partial charge >= 0.3 is 5.97 Å². The van der Waals surface area contributed by atoms with Crippen LogP contribution in [-0.2, 0) is 4.79 Å². The van der Waals surface area contributed by atoms with Crippen molar-refractivity contribution in [2.45, 2.75) is 17.4 Å². The molecule has 1 atom stereocenters. The van der Waals surface area contributed by atoms with Gasteiger partial charge in [-0.05, 0) is 19.1 Å². The molecule has 3 rings (SSSR count). The minimum absolute atomic E-state index is 0.352. The standard InChI is InChI=1S/C20H20N2O3S/c1-13(19(23)24)26-20-21-17(14-9-11-16(12-10-14)22(2)3)18(25-20)15-7-5-4-6-8-15/h4-13H,1-3H3,(H,23,24). The third-order valence-corrected chi connectivity index (χ3v) is 4.86. The van der Waals surface area contributed by atoms with Crippen LogP contribution in [0.25, 0.3) is 22.6 Å². The van der Waals surface area contributed by atoms with Crippen LogP contribution in [0.2, 0.25) is 0 Å². The molecule has 0 radical (unpaired) electrons. The first kappa shape index (κ1) is 18.1. The Kier molecular flexibility index (Phi) is 5.32. The summed E-state index contributed by atoms with van der Waals surface area (Å²) in [4.78, 5) is 17.7. The van der Waals surface area contributed by atoms with Crippen LogP contribution in [0.4, 0.5) is 5.69 Å². The summed E-state index contributed by atoms with van der Waals surface area (Å²) in [6, 6.07) is 17.7. The first-order valence-electron chi connectivity index (χ1n) is 8.19. The Hall–Kier alpha value is -2.73. The van der Waals surface area contributed by atoms with Crippen molar-refractivity contribution in [3.63, 3.8) is 0 Å². The third-order valence-electron chi connectivity index (χ3n) is 3.93. The highest BCUT2D eigenvalue weighted by molar-refractivity contribution is 8.00. The van der Waals surface area contributed by atoms with Crippen LogP contribution < -0.4 is 4.90 Å². The average Bonchev–Trinajstić information content (AvgIpc) is 3.06. The molecule has 26 heavy (non-hydrogen) atoms. The number of carboxylic acids is 1. The predicted molar refractivity (Wildman–Crippen MR) is 105 cm³/mol. The van der Waals surface area contributed by atoms with E-state index in [9.17, 15) is 4.79 Å². The molecule has 0 amide bonds. The Morgan fingerprint density at radius 3 is 2.31 bits per heavy atom. The second kappa shape index (κ2) is 7.66. The molecule has 0 aliphatic heterocycles. The smallest absolute Gasteiger partial charge is 0.316 e. The van der Waals surface area contributed by atoms with Gasteiger partial charge in [-0.1, -0.05) is 54.2 Å². The summed E-state index contributed by atoms with van der Waals surface area (Å²) < 4.78 is 5.93. The Labute approximate surface area is 156 Å². The molecule has 6 heteroatoms. The van der Waals surface area contributed by atoms with Gasteiger partial charge in [0, 0.05) is 30.9 Å². The maximum atomic E-state index is 11.1. The number of aromatic nitrogens is 1. The molecule has 2 aromatic carbocycles. The molecule has 0 aliphatic rings. The van der Waals surface area contributed by atoms with E-state index < -0.39 is 11.2 Å². The van der Waals surface area contributed by atoms with Crippen molar-refractivity contribution >= 4 is 23.4 Å². The van der Waals surface area contributed by atoms with Gasteiger partial charge in [0.2, 0.25) is 0 Å². The number of thioether (sulfide) groups is 1. The summed E-state index contributed by atoms with van der Waals surface area (Å²) in [5.41, 5.74) is 3.63. The molecule has 1 heterocycles. The van der Waals surface area contributed by atoms with E-state index in [4.69, 9.17) is 9.52 Å². The number of hydrogen-bond donors (Lipinski definition) is 1. The molecule has 0 fully saturated rings. The lowest BCUT2D eigenvalue weighted by molar-refractivity contribution is -0.136. The highest BCUT2D eigenvalue weighted by Crippen LogP contribution is 2.37. The molecular formula is C20H20N2O3S. The van der Waals surface area contributed by atoms with Gasteiger partial charge < -0.3 is 14.4 Å². The minimum atomic E-state index is -0.897. The van der Waals surface area contributed by atoms with Gasteiger partial charge in [-0.15, -0.1) is 0 Å². The number of benzene rings is 2. The number of hydrogen-bond acceptors (Lipinski definition) is 5. The molecule has 1 unspecified atom stereocenters. The fourth-order valence-electron chi connectivity index (χ4n) is 2.45. The molecule has 0 aliphatic carbocycles. The summed E-state index contributed by atoms with van der Waals surface area (Å²) in [6.07, 6.45) is 0. The van der Waals surface area contributed by atoms with E-state index >= 15 is 0 Å². The number of oxazole rings is 1. The Morgan fingerprint density at radius 2 is 1.73 bits per heavy atom. The molecule has 3 aromatic rings. The Balaban J connectivity index is 2.04. The predicted octanol–water partition coefficient (Wildman–Crippen LogP) is 4.64. The molecule has 0 saturated heterocycles. The number of carbonyl (C=O) groups is 1. The van der Waals surface area contributed by atoms with E-state index in [1.54, 1.807) is 6.92 Å². The third kappa shape index (κ3) is 3.91. The number of carboxylic acid groups (broad SMARTS) is 1. The Morgan fingerprint density at radius 1 is 1.08 bits per heavy atom. The fourth-order valence-corrected chi connectivity index (χ4v) is 3.13. The second-order valence-electron chi connectivity index (χ2n) is 6.06.